The predicted octanol–water partition coefficient (Wildman–Crippen LogP) is 2.53. The van der Waals surface area contributed by atoms with Crippen molar-refractivity contribution >= 4 is 23.4 Å². The van der Waals surface area contributed by atoms with E-state index in [9.17, 15) is 9.59 Å². The number of rotatable bonds is 4. The van der Waals surface area contributed by atoms with Crippen LogP contribution in [0.15, 0.2) is 24.3 Å². The van der Waals surface area contributed by atoms with Crippen LogP contribution in [0.2, 0.25) is 5.02 Å². The van der Waals surface area contributed by atoms with E-state index in [4.69, 9.17) is 11.6 Å². The highest BCUT2D eigenvalue weighted by molar-refractivity contribution is 6.30. The number of piperazine rings is 1. The number of amides is 2. The van der Waals surface area contributed by atoms with Gasteiger partial charge in [-0.25, -0.2) is 0 Å². The van der Waals surface area contributed by atoms with E-state index in [1.807, 2.05) is 34.1 Å². The van der Waals surface area contributed by atoms with E-state index in [0.717, 1.165) is 31.7 Å². The SMILES string of the molecule is CC1CC(C)CN(C(=O)CN2CCN(C(=O)Cc3ccc(Cl)cc3)CC2)C1. The van der Waals surface area contributed by atoms with Crippen molar-refractivity contribution in [3.05, 3.63) is 34.9 Å². The Balaban J connectivity index is 1.43. The Hall–Kier alpha value is -1.59. The molecule has 0 aliphatic carbocycles. The molecule has 1 aromatic rings. The van der Waals surface area contributed by atoms with Crippen LogP contribution in [0.25, 0.3) is 0 Å². The maximum absolute atomic E-state index is 12.6. The van der Waals surface area contributed by atoms with Crippen molar-refractivity contribution in [1.29, 1.82) is 0 Å². The van der Waals surface area contributed by atoms with E-state index in [1.54, 1.807) is 0 Å². The minimum atomic E-state index is 0.141. The number of piperidine rings is 1. The number of nitrogens with zero attached hydrogens (tertiary/aromatic N) is 3. The number of carbonyl (C=O) groups excluding carboxylic acids is 2. The molecule has 0 N–H and O–H groups in total. The first kappa shape index (κ1) is 20.2. The summed E-state index contributed by atoms with van der Waals surface area (Å²) in [7, 11) is 0. The molecule has 27 heavy (non-hydrogen) atoms. The van der Waals surface area contributed by atoms with Crippen molar-refractivity contribution in [2.24, 2.45) is 11.8 Å². The van der Waals surface area contributed by atoms with Crippen LogP contribution in [0.5, 0.6) is 0 Å². The Labute approximate surface area is 167 Å². The molecule has 3 rings (SSSR count). The van der Waals surface area contributed by atoms with Gasteiger partial charge in [0.2, 0.25) is 11.8 Å². The Morgan fingerprint density at radius 1 is 0.926 bits per heavy atom. The van der Waals surface area contributed by atoms with Crippen LogP contribution in [0.3, 0.4) is 0 Å². The summed E-state index contributed by atoms with van der Waals surface area (Å²) in [4.78, 5) is 31.2. The third kappa shape index (κ3) is 5.69. The maximum Gasteiger partial charge on any atom is 0.236 e. The lowest BCUT2D eigenvalue weighted by atomic mass is 9.92. The van der Waals surface area contributed by atoms with Crippen LogP contribution in [0.1, 0.15) is 25.8 Å². The second kappa shape index (κ2) is 9.07. The highest BCUT2D eigenvalue weighted by Gasteiger charge is 2.28. The van der Waals surface area contributed by atoms with E-state index in [-0.39, 0.29) is 11.8 Å². The smallest absolute Gasteiger partial charge is 0.236 e. The number of likely N-dealkylation sites (tertiary alicyclic amines) is 1. The summed E-state index contributed by atoms with van der Waals surface area (Å²) in [5.41, 5.74) is 0.982. The molecule has 2 aliphatic heterocycles. The van der Waals surface area contributed by atoms with Crippen LogP contribution in [-0.2, 0) is 16.0 Å². The van der Waals surface area contributed by atoms with Crippen LogP contribution in [-0.4, -0.2) is 72.3 Å². The lowest BCUT2D eigenvalue weighted by Crippen LogP contribution is -2.53. The number of hydrogen-bond donors (Lipinski definition) is 0. The first-order valence-electron chi connectivity index (χ1n) is 9.93. The summed E-state index contributed by atoms with van der Waals surface area (Å²) in [5.74, 6) is 1.54. The highest BCUT2D eigenvalue weighted by Crippen LogP contribution is 2.21. The molecule has 0 spiro atoms. The molecule has 0 aromatic heterocycles. The van der Waals surface area contributed by atoms with Gasteiger partial charge in [0, 0.05) is 44.3 Å². The minimum absolute atomic E-state index is 0.141. The second-order valence-corrected chi connectivity index (χ2v) is 8.64. The van der Waals surface area contributed by atoms with Crippen LogP contribution in [0, 0.1) is 11.8 Å². The minimum Gasteiger partial charge on any atom is -0.341 e. The normalized spacial score (nSPS) is 24.1. The van der Waals surface area contributed by atoms with Gasteiger partial charge in [-0.15, -0.1) is 0 Å². The van der Waals surface area contributed by atoms with E-state index in [1.165, 1.54) is 6.42 Å². The molecule has 2 unspecified atom stereocenters. The molecule has 2 aliphatic rings. The van der Waals surface area contributed by atoms with Gasteiger partial charge in [0.1, 0.15) is 0 Å². The zero-order chi connectivity index (χ0) is 19.4. The molecular formula is C21H30ClN3O2. The Morgan fingerprint density at radius 2 is 1.52 bits per heavy atom. The first-order chi connectivity index (χ1) is 12.9. The van der Waals surface area contributed by atoms with Crippen molar-refractivity contribution in [3.63, 3.8) is 0 Å². The molecule has 2 amide bonds. The molecule has 0 radical (unpaired) electrons. The average Bonchev–Trinajstić information content (AvgIpc) is 2.63. The molecule has 2 heterocycles. The fraction of sp³-hybridized carbons (Fsp3) is 0.619. The van der Waals surface area contributed by atoms with Crippen LogP contribution >= 0.6 is 11.6 Å². The Morgan fingerprint density at radius 3 is 2.11 bits per heavy atom. The molecule has 5 nitrogen and oxygen atoms in total. The Bertz CT molecular complexity index is 646. The summed E-state index contributed by atoms with van der Waals surface area (Å²) >= 11 is 5.89. The average molecular weight is 392 g/mol. The largest absolute Gasteiger partial charge is 0.341 e. The Kier molecular flexibility index (Phi) is 6.77. The topological polar surface area (TPSA) is 43.9 Å². The number of halogens is 1. The molecule has 6 heteroatoms. The van der Waals surface area contributed by atoms with Crippen LogP contribution < -0.4 is 0 Å². The van der Waals surface area contributed by atoms with Gasteiger partial charge >= 0.3 is 0 Å². The third-order valence-electron chi connectivity index (χ3n) is 5.57. The monoisotopic (exact) mass is 391 g/mol. The second-order valence-electron chi connectivity index (χ2n) is 8.20. The molecule has 2 saturated heterocycles. The van der Waals surface area contributed by atoms with E-state index in [2.05, 4.69) is 18.7 Å². The maximum atomic E-state index is 12.6. The van der Waals surface area contributed by atoms with E-state index < -0.39 is 0 Å². The molecule has 0 bridgehead atoms. The standard InChI is InChI=1S/C21H30ClN3O2/c1-16-11-17(2)14-25(13-16)21(27)15-23-7-9-24(10-8-23)20(26)12-18-3-5-19(22)6-4-18/h3-6,16-17H,7-15H2,1-2H3. The van der Waals surface area contributed by atoms with Crippen molar-refractivity contribution in [2.45, 2.75) is 26.7 Å². The fourth-order valence-corrected chi connectivity index (χ4v) is 4.33. The van der Waals surface area contributed by atoms with Gasteiger partial charge in [-0.3, -0.25) is 14.5 Å². The van der Waals surface area contributed by atoms with Gasteiger partial charge in [0.05, 0.1) is 13.0 Å². The van der Waals surface area contributed by atoms with Gasteiger partial charge in [0.25, 0.3) is 0 Å². The van der Waals surface area contributed by atoms with Gasteiger partial charge in [-0.1, -0.05) is 37.6 Å². The van der Waals surface area contributed by atoms with Crippen molar-refractivity contribution < 1.29 is 9.59 Å². The van der Waals surface area contributed by atoms with Crippen LogP contribution in [0.4, 0.5) is 0 Å². The summed E-state index contributed by atoms with van der Waals surface area (Å²) in [6, 6.07) is 7.43. The van der Waals surface area contributed by atoms with Gasteiger partial charge in [-0.2, -0.15) is 0 Å². The lowest BCUT2D eigenvalue weighted by Gasteiger charge is -2.38. The summed E-state index contributed by atoms with van der Waals surface area (Å²) in [6.45, 7) is 9.57. The summed E-state index contributed by atoms with van der Waals surface area (Å²) < 4.78 is 0. The zero-order valence-corrected chi connectivity index (χ0v) is 17.1. The third-order valence-corrected chi connectivity index (χ3v) is 5.83. The quantitative estimate of drug-likeness (QED) is 0.792. The molecule has 2 atom stereocenters. The van der Waals surface area contributed by atoms with Gasteiger partial charge in [-0.05, 0) is 36.0 Å². The van der Waals surface area contributed by atoms with Crippen molar-refractivity contribution in [1.82, 2.24) is 14.7 Å². The number of hydrogen-bond acceptors (Lipinski definition) is 3. The summed E-state index contributed by atoms with van der Waals surface area (Å²) in [5, 5.41) is 0.682. The van der Waals surface area contributed by atoms with Gasteiger partial charge < -0.3 is 9.80 Å². The fourth-order valence-electron chi connectivity index (χ4n) is 4.20. The summed E-state index contributed by atoms with van der Waals surface area (Å²) in [6.07, 6.45) is 1.61. The van der Waals surface area contributed by atoms with Gasteiger partial charge in [0.15, 0.2) is 0 Å². The lowest BCUT2D eigenvalue weighted by molar-refractivity contribution is -0.136. The van der Waals surface area contributed by atoms with Crippen molar-refractivity contribution in [2.75, 3.05) is 45.8 Å². The molecular weight excluding hydrogens is 362 g/mol. The highest BCUT2D eigenvalue weighted by atomic mass is 35.5. The number of benzene rings is 1. The molecule has 0 saturated carbocycles. The predicted molar refractivity (Wildman–Crippen MR) is 108 cm³/mol. The molecule has 2 fully saturated rings. The molecule has 148 valence electrons. The van der Waals surface area contributed by atoms with Crippen molar-refractivity contribution in [3.8, 4) is 0 Å². The van der Waals surface area contributed by atoms with E-state index >= 15 is 0 Å². The van der Waals surface area contributed by atoms with E-state index in [0.29, 0.717) is 42.9 Å². The zero-order valence-electron chi connectivity index (χ0n) is 16.4. The first-order valence-corrected chi connectivity index (χ1v) is 10.3. The molecule has 1 aromatic carbocycles. The number of carbonyl (C=O) groups is 2.